The number of hydrogen-bond acceptors (Lipinski definition) is 6. The molecule has 0 aromatic heterocycles. The lowest BCUT2D eigenvalue weighted by atomic mass is 10.0. The molecule has 1 atom stereocenters. The second kappa shape index (κ2) is 7.43. The van der Waals surface area contributed by atoms with Crippen LogP contribution in [0.25, 0.3) is 0 Å². The van der Waals surface area contributed by atoms with Crippen molar-refractivity contribution >= 4 is 11.9 Å². The van der Waals surface area contributed by atoms with Crippen LogP contribution in [0, 0.1) is 0 Å². The molecule has 2 rings (SSSR count). The highest BCUT2D eigenvalue weighted by atomic mass is 16.4. The molecule has 8 heteroatoms. The lowest BCUT2D eigenvalue weighted by Crippen LogP contribution is -2.43. The van der Waals surface area contributed by atoms with Gasteiger partial charge in [-0.2, -0.15) is 0 Å². The molecule has 132 valence electrons. The van der Waals surface area contributed by atoms with Crippen LogP contribution in [-0.2, 0) is 22.4 Å². The Kier molecular flexibility index (Phi) is 5.33. The van der Waals surface area contributed by atoms with Crippen LogP contribution in [0.5, 0.6) is 23.0 Å². The predicted octanol–water partition coefficient (Wildman–Crippen LogP) is 0.864. The van der Waals surface area contributed by atoms with Gasteiger partial charge in [0.1, 0.15) is 6.04 Å². The first-order valence-electron chi connectivity index (χ1n) is 7.30. The van der Waals surface area contributed by atoms with Gasteiger partial charge in [-0.15, -0.1) is 0 Å². The number of phenolic OH excluding ortho intramolecular Hbond substituents is 4. The number of carboxylic acids is 1. The van der Waals surface area contributed by atoms with E-state index in [0.29, 0.717) is 11.1 Å². The van der Waals surface area contributed by atoms with Crippen LogP contribution in [0.3, 0.4) is 0 Å². The van der Waals surface area contributed by atoms with Crippen LogP contribution in [-0.4, -0.2) is 43.5 Å². The lowest BCUT2D eigenvalue weighted by molar-refractivity contribution is -0.141. The minimum absolute atomic E-state index is 0.0876. The summed E-state index contributed by atoms with van der Waals surface area (Å²) in [6.07, 6.45) is -0.270. The summed E-state index contributed by atoms with van der Waals surface area (Å²) in [6.45, 7) is 0. The Balaban J connectivity index is 2.04. The van der Waals surface area contributed by atoms with E-state index in [1.54, 1.807) is 0 Å². The molecule has 0 heterocycles. The van der Waals surface area contributed by atoms with Crippen molar-refractivity contribution in [2.24, 2.45) is 0 Å². The normalized spacial score (nSPS) is 11.7. The van der Waals surface area contributed by atoms with Crippen LogP contribution in [0.1, 0.15) is 11.1 Å². The molecule has 0 spiro atoms. The molecule has 0 saturated carbocycles. The Morgan fingerprint density at radius 3 is 1.88 bits per heavy atom. The number of phenols is 4. The van der Waals surface area contributed by atoms with Gasteiger partial charge in [-0.05, 0) is 35.4 Å². The molecule has 1 unspecified atom stereocenters. The Morgan fingerprint density at radius 2 is 1.36 bits per heavy atom. The number of carbonyl (C=O) groups excluding carboxylic acids is 1. The zero-order valence-corrected chi connectivity index (χ0v) is 13.0. The molecule has 0 fully saturated rings. The molecule has 8 nitrogen and oxygen atoms in total. The van der Waals surface area contributed by atoms with E-state index in [-0.39, 0.29) is 35.8 Å². The third-order valence-electron chi connectivity index (χ3n) is 3.52. The van der Waals surface area contributed by atoms with Crippen molar-refractivity contribution in [3.05, 3.63) is 47.5 Å². The fraction of sp³-hybridized carbons (Fsp3) is 0.176. The van der Waals surface area contributed by atoms with Crippen molar-refractivity contribution < 1.29 is 35.1 Å². The lowest BCUT2D eigenvalue weighted by Gasteiger charge is -2.15. The van der Waals surface area contributed by atoms with E-state index in [2.05, 4.69) is 5.32 Å². The Labute approximate surface area is 142 Å². The van der Waals surface area contributed by atoms with Crippen LogP contribution < -0.4 is 5.32 Å². The highest BCUT2D eigenvalue weighted by molar-refractivity contribution is 5.85. The van der Waals surface area contributed by atoms with Crippen LogP contribution in [0.15, 0.2) is 36.4 Å². The molecule has 2 aromatic rings. The number of aliphatic carboxylic acids is 1. The second-order valence-corrected chi connectivity index (χ2v) is 5.49. The summed E-state index contributed by atoms with van der Waals surface area (Å²) >= 11 is 0. The van der Waals surface area contributed by atoms with E-state index in [0.717, 1.165) is 0 Å². The van der Waals surface area contributed by atoms with Gasteiger partial charge >= 0.3 is 5.97 Å². The number of rotatable bonds is 6. The molecule has 0 radical (unpaired) electrons. The van der Waals surface area contributed by atoms with Crippen molar-refractivity contribution in [2.45, 2.75) is 18.9 Å². The number of nitrogens with one attached hydrogen (secondary N) is 1. The van der Waals surface area contributed by atoms with Gasteiger partial charge in [-0.3, -0.25) is 4.79 Å². The minimum Gasteiger partial charge on any atom is -0.504 e. The van der Waals surface area contributed by atoms with E-state index >= 15 is 0 Å². The van der Waals surface area contributed by atoms with Gasteiger partial charge in [0.25, 0.3) is 0 Å². The second-order valence-electron chi connectivity index (χ2n) is 5.49. The monoisotopic (exact) mass is 347 g/mol. The fourth-order valence-electron chi connectivity index (χ4n) is 2.24. The zero-order chi connectivity index (χ0) is 18.6. The van der Waals surface area contributed by atoms with Crippen molar-refractivity contribution in [1.29, 1.82) is 0 Å². The van der Waals surface area contributed by atoms with Gasteiger partial charge in [0.15, 0.2) is 23.0 Å². The molecule has 0 aliphatic rings. The van der Waals surface area contributed by atoms with E-state index in [9.17, 15) is 35.1 Å². The summed E-state index contributed by atoms with van der Waals surface area (Å²) in [5.41, 5.74) is 0.824. The molecule has 0 aliphatic carbocycles. The SMILES string of the molecule is O=C(Cc1ccc(O)c(O)c1)NC(Cc1ccc(O)c(O)c1)C(=O)O. The average Bonchev–Trinajstić information content (AvgIpc) is 2.53. The first-order chi connectivity index (χ1) is 11.8. The first-order valence-corrected chi connectivity index (χ1v) is 7.30. The molecular formula is C17H17NO7. The van der Waals surface area contributed by atoms with Gasteiger partial charge < -0.3 is 30.8 Å². The van der Waals surface area contributed by atoms with Gasteiger partial charge in [0, 0.05) is 6.42 Å². The van der Waals surface area contributed by atoms with Gasteiger partial charge in [-0.1, -0.05) is 12.1 Å². The van der Waals surface area contributed by atoms with E-state index < -0.39 is 17.9 Å². The molecule has 6 N–H and O–H groups in total. The molecule has 0 aliphatic heterocycles. The quantitative estimate of drug-likeness (QED) is 0.425. The Bertz CT molecular complexity index is 804. The zero-order valence-electron chi connectivity index (χ0n) is 13.0. The topological polar surface area (TPSA) is 147 Å². The van der Waals surface area contributed by atoms with Crippen LogP contribution in [0.4, 0.5) is 0 Å². The number of aromatic hydroxyl groups is 4. The van der Waals surface area contributed by atoms with E-state index in [1.165, 1.54) is 36.4 Å². The summed E-state index contributed by atoms with van der Waals surface area (Å²) in [6, 6.07) is 6.52. The Morgan fingerprint density at radius 1 is 0.840 bits per heavy atom. The molecule has 0 saturated heterocycles. The van der Waals surface area contributed by atoms with Crippen LogP contribution in [0.2, 0.25) is 0 Å². The number of carboxylic acid groups (broad SMARTS) is 1. The molecular weight excluding hydrogens is 330 g/mol. The summed E-state index contributed by atoms with van der Waals surface area (Å²) < 4.78 is 0. The van der Waals surface area contributed by atoms with Crippen molar-refractivity contribution in [3.8, 4) is 23.0 Å². The van der Waals surface area contributed by atoms with Crippen molar-refractivity contribution in [1.82, 2.24) is 5.32 Å². The largest absolute Gasteiger partial charge is 0.504 e. The molecule has 25 heavy (non-hydrogen) atoms. The minimum atomic E-state index is -1.26. The third-order valence-corrected chi connectivity index (χ3v) is 3.52. The van der Waals surface area contributed by atoms with Crippen LogP contribution >= 0.6 is 0 Å². The number of amides is 1. The van der Waals surface area contributed by atoms with Gasteiger partial charge in [0.2, 0.25) is 5.91 Å². The summed E-state index contributed by atoms with van der Waals surface area (Å²) in [7, 11) is 0. The number of carbonyl (C=O) groups is 2. The summed E-state index contributed by atoms with van der Waals surface area (Å²) in [5.74, 6) is -3.24. The maximum absolute atomic E-state index is 12.0. The van der Waals surface area contributed by atoms with E-state index in [1.807, 2.05) is 0 Å². The first kappa shape index (κ1) is 17.9. The maximum atomic E-state index is 12.0. The average molecular weight is 347 g/mol. The molecule has 2 aromatic carbocycles. The summed E-state index contributed by atoms with van der Waals surface area (Å²) in [5, 5.41) is 49.0. The fourth-order valence-corrected chi connectivity index (χ4v) is 2.24. The van der Waals surface area contributed by atoms with Gasteiger partial charge in [0.05, 0.1) is 6.42 Å². The highest BCUT2D eigenvalue weighted by Gasteiger charge is 2.21. The summed E-state index contributed by atoms with van der Waals surface area (Å²) in [4.78, 5) is 23.4. The molecule has 1 amide bonds. The predicted molar refractivity (Wildman–Crippen MR) is 86.5 cm³/mol. The Hall–Kier alpha value is -3.42. The maximum Gasteiger partial charge on any atom is 0.326 e. The van der Waals surface area contributed by atoms with Gasteiger partial charge in [-0.25, -0.2) is 4.79 Å². The van der Waals surface area contributed by atoms with Crippen molar-refractivity contribution in [2.75, 3.05) is 0 Å². The number of hydrogen-bond donors (Lipinski definition) is 6. The van der Waals surface area contributed by atoms with Crippen molar-refractivity contribution in [3.63, 3.8) is 0 Å². The molecule has 0 bridgehead atoms. The third kappa shape index (κ3) is 4.77. The number of benzene rings is 2. The smallest absolute Gasteiger partial charge is 0.326 e. The highest BCUT2D eigenvalue weighted by Crippen LogP contribution is 2.26. The standard InChI is InChI=1S/C17H17NO7/c19-12-3-1-9(6-14(12)21)5-11(17(24)25)18-16(23)8-10-2-4-13(20)15(22)7-10/h1-4,6-7,11,19-22H,5,8H2,(H,18,23)(H,24,25). The van der Waals surface area contributed by atoms with E-state index in [4.69, 9.17) is 0 Å².